The van der Waals surface area contributed by atoms with Crippen LogP contribution in [-0.4, -0.2) is 50.6 Å². The van der Waals surface area contributed by atoms with Crippen molar-refractivity contribution in [2.24, 2.45) is 5.92 Å². The summed E-state index contributed by atoms with van der Waals surface area (Å²) >= 11 is 0. The number of aromatic nitrogens is 5. The third-order valence-corrected chi connectivity index (χ3v) is 5.11. The van der Waals surface area contributed by atoms with Crippen molar-refractivity contribution in [3.8, 4) is 0 Å². The van der Waals surface area contributed by atoms with Crippen LogP contribution in [0.1, 0.15) is 44.0 Å². The maximum atomic E-state index is 11.6. The van der Waals surface area contributed by atoms with Crippen LogP contribution in [0.5, 0.6) is 0 Å². The van der Waals surface area contributed by atoms with E-state index < -0.39 is 0 Å². The van der Waals surface area contributed by atoms with Crippen molar-refractivity contribution in [3.05, 3.63) is 35.9 Å². The Labute approximate surface area is 174 Å². The molecule has 0 aromatic carbocycles. The third-order valence-electron chi connectivity index (χ3n) is 5.11. The van der Waals surface area contributed by atoms with Gasteiger partial charge in [-0.2, -0.15) is 10.2 Å². The average molecular weight is 413 g/mol. The summed E-state index contributed by atoms with van der Waals surface area (Å²) in [6.45, 7) is 4.71. The maximum absolute atomic E-state index is 11.6. The standard InChI is InChI=1S/C20H27N7O3/c1-12(2)22-20(28)30-10-13-6-14(7-13)16-9-18(25-24-16)23-19-17-8-15(11-29-3)26-27(17)5-4-21-19/h4-5,8-9,12-14H,6-7,10-11H2,1-3H3,(H,22,28)(H2,21,23,24,25). The van der Waals surface area contributed by atoms with Gasteiger partial charge in [0.1, 0.15) is 5.52 Å². The van der Waals surface area contributed by atoms with Crippen molar-refractivity contribution in [1.82, 2.24) is 30.1 Å². The number of nitrogens with zero attached hydrogens (tertiary/aromatic N) is 4. The zero-order valence-corrected chi connectivity index (χ0v) is 17.4. The van der Waals surface area contributed by atoms with E-state index >= 15 is 0 Å². The zero-order valence-electron chi connectivity index (χ0n) is 17.4. The van der Waals surface area contributed by atoms with Gasteiger partial charge in [-0.3, -0.25) is 5.10 Å². The van der Waals surface area contributed by atoms with Gasteiger partial charge in [-0.05, 0) is 38.7 Å². The van der Waals surface area contributed by atoms with E-state index in [9.17, 15) is 4.79 Å². The first-order valence-corrected chi connectivity index (χ1v) is 10.1. The molecule has 0 spiro atoms. The Balaban J connectivity index is 1.32. The number of nitrogens with one attached hydrogen (secondary N) is 3. The van der Waals surface area contributed by atoms with E-state index in [1.807, 2.05) is 26.0 Å². The van der Waals surface area contributed by atoms with Gasteiger partial charge in [-0.15, -0.1) is 0 Å². The van der Waals surface area contributed by atoms with Crippen LogP contribution in [0.2, 0.25) is 0 Å². The molecule has 0 unspecified atom stereocenters. The highest BCUT2D eigenvalue weighted by molar-refractivity contribution is 5.72. The molecule has 3 N–H and O–H groups in total. The Hall–Kier alpha value is -3.14. The molecule has 0 bridgehead atoms. The van der Waals surface area contributed by atoms with Gasteiger partial charge in [0, 0.05) is 43.2 Å². The first kappa shape index (κ1) is 20.1. The van der Waals surface area contributed by atoms with Crippen molar-refractivity contribution >= 4 is 23.2 Å². The summed E-state index contributed by atoms with van der Waals surface area (Å²) < 4.78 is 12.2. The average Bonchev–Trinajstić information content (AvgIpc) is 3.27. The van der Waals surface area contributed by atoms with Crippen molar-refractivity contribution in [2.45, 2.75) is 45.3 Å². The van der Waals surface area contributed by atoms with Gasteiger partial charge in [0.2, 0.25) is 0 Å². The second kappa shape index (κ2) is 8.70. The Kier molecular flexibility index (Phi) is 5.84. The molecule has 0 radical (unpaired) electrons. The van der Waals surface area contributed by atoms with Gasteiger partial charge in [0.15, 0.2) is 11.6 Å². The zero-order chi connectivity index (χ0) is 21.1. The summed E-state index contributed by atoms with van der Waals surface area (Å²) in [6, 6.07) is 4.03. The molecule has 1 aliphatic carbocycles. The highest BCUT2D eigenvalue weighted by atomic mass is 16.5. The fourth-order valence-electron chi connectivity index (χ4n) is 3.62. The Morgan fingerprint density at radius 1 is 1.37 bits per heavy atom. The number of hydrogen-bond acceptors (Lipinski definition) is 7. The van der Waals surface area contributed by atoms with Crippen LogP contribution >= 0.6 is 0 Å². The molecule has 1 fully saturated rings. The van der Waals surface area contributed by atoms with Crippen molar-refractivity contribution in [1.29, 1.82) is 0 Å². The van der Waals surface area contributed by atoms with E-state index in [0.29, 0.717) is 36.7 Å². The van der Waals surface area contributed by atoms with Crippen molar-refractivity contribution in [3.63, 3.8) is 0 Å². The predicted molar refractivity (Wildman–Crippen MR) is 111 cm³/mol. The number of carbonyl (C=O) groups is 1. The minimum atomic E-state index is -0.350. The fraction of sp³-hybridized carbons (Fsp3) is 0.500. The van der Waals surface area contributed by atoms with E-state index in [2.05, 4.69) is 30.9 Å². The summed E-state index contributed by atoms with van der Waals surface area (Å²) in [5.41, 5.74) is 2.76. The normalized spacial score (nSPS) is 18.4. The van der Waals surface area contributed by atoms with Gasteiger partial charge in [-0.25, -0.2) is 14.3 Å². The number of ether oxygens (including phenoxy) is 2. The number of rotatable bonds is 8. The number of amides is 1. The molecular formula is C20H27N7O3. The second-order valence-electron chi connectivity index (χ2n) is 7.94. The molecule has 3 aromatic rings. The van der Waals surface area contributed by atoms with E-state index in [1.54, 1.807) is 24.0 Å². The summed E-state index contributed by atoms with van der Waals surface area (Å²) in [7, 11) is 1.64. The lowest BCUT2D eigenvalue weighted by Gasteiger charge is -2.34. The number of aromatic amines is 1. The summed E-state index contributed by atoms with van der Waals surface area (Å²) in [6.07, 6.45) is 5.07. The third kappa shape index (κ3) is 4.54. The topological polar surface area (TPSA) is 118 Å². The van der Waals surface area contributed by atoms with E-state index in [4.69, 9.17) is 9.47 Å². The van der Waals surface area contributed by atoms with E-state index in [0.717, 1.165) is 29.7 Å². The number of anilines is 2. The highest BCUT2D eigenvalue weighted by Gasteiger charge is 2.32. The number of H-pyrrole nitrogens is 1. The number of fused-ring (bicyclic) bond motifs is 1. The van der Waals surface area contributed by atoms with Crippen LogP contribution in [-0.2, 0) is 16.1 Å². The SMILES string of the molecule is COCc1cc2c(Nc3cc(C4CC(COC(=O)NC(C)C)C4)[nH]n3)nccn2n1. The summed E-state index contributed by atoms with van der Waals surface area (Å²) in [4.78, 5) is 16.0. The Morgan fingerprint density at radius 2 is 2.20 bits per heavy atom. The highest BCUT2D eigenvalue weighted by Crippen LogP contribution is 2.41. The monoisotopic (exact) mass is 413 g/mol. The number of carbonyl (C=O) groups excluding carboxylic acids is 1. The first-order valence-electron chi connectivity index (χ1n) is 10.1. The van der Waals surface area contributed by atoms with Crippen molar-refractivity contribution in [2.75, 3.05) is 19.0 Å². The number of methoxy groups -OCH3 is 1. The van der Waals surface area contributed by atoms with E-state index in [1.165, 1.54) is 0 Å². The van der Waals surface area contributed by atoms with Gasteiger partial charge in [0.25, 0.3) is 0 Å². The summed E-state index contributed by atoms with van der Waals surface area (Å²) in [5.74, 6) is 2.16. The molecule has 30 heavy (non-hydrogen) atoms. The van der Waals surface area contributed by atoms with Gasteiger partial charge in [-0.1, -0.05) is 0 Å². The molecule has 1 amide bonds. The molecule has 10 heteroatoms. The lowest BCUT2D eigenvalue weighted by atomic mass is 9.74. The van der Waals surface area contributed by atoms with Crippen LogP contribution in [0.3, 0.4) is 0 Å². The molecule has 10 nitrogen and oxygen atoms in total. The van der Waals surface area contributed by atoms with Crippen LogP contribution in [0, 0.1) is 5.92 Å². The van der Waals surface area contributed by atoms with Gasteiger partial charge >= 0.3 is 6.09 Å². The quantitative estimate of drug-likeness (QED) is 0.519. The second-order valence-corrected chi connectivity index (χ2v) is 7.94. The molecule has 3 heterocycles. The van der Waals surface area contributed by atoms with Crippen LogP contribution < -0.4 is 10.6 Å². The van der Waals surface area contributed by atoms with Crippen molar-refractivity contribution < 1.29 is 14.3 Å². The van der Waals surface area contributed by atoms with Gasteiger partial charge < -0.3 is 20.1 Å². The van der Waals surface area contributed by atoms with Crippen LogP contribution in [0.25, 0.3) is 5.52 Å². The minimum Gasteiger partial charge on any atom is -0.449 e. The van der Waals surface area contributed by atoms with Crippen LogP contribution in [0.4, 0.5) is 16.4 Å². The maximum Gasteiger partial charge on any atom is 0.407 e. The molecule has 0 saturated heterocycles. The predicted octanol–water partition coefficient (Wildman–Crippen LogP) is 2.97. The molecule has 3 aromatic heterocycles. The molecule has 1 saturated carbocycles. The number of alkyl carbamates (subject to hydrolysis) is 1. The molecular weight excluding hydrogens is 386 g/mol. The largest absolute Gasteiger partial charge is 0.449 e. The molecule has 0 atom stereocenters. The summed E-state index contributed by atoms with van der Waals surface area (Å²) in [5, 5.41) is 17.9. The molecule has 4 rings (SSSR count). The van der Waals surface area contributed by atoms with Gasteiger partial charge in [0.05, 0.1) is 18.9 Å². The molecule has 160 valence electrons. The lowest BCUT2D eigenvalue weighted by Crippen LogP contribution is -2.34. The first-order chi connectivity index (χ1) is 14.5. The van der Waals surface area contributed by atoms with Crippen LogP contribution in [0.15, 0.2) is 24.5 Å². The Morgan fingerprint density at radius 3 is 2.97 bits per heavy atom. The molecule has 0 aliphatic heterocycles. The number of hydrogen-bond donors (Lipinski definition) is 3. The lowest BCUT2D eigenvalue weighted by molar-refractivity contribution is 0.0924. The molecule has 1 aliphatic rings. The smallest absolute Gasteiger partial charge is 0.407 e. The van der Waals surface area contributed by atoms with E-state index in [-0.39, 0.29) is 12.1 Å². The minimum absolute atomic E-state index is 0.0806. The Bertz CT molecular complexity index is 1010. The fourth-order valence-corrected chi connectivity index (χ4v) is 3.62.